The molecule has 0 amide bonds. The van der Waals surface area contributed by atoms with Crippen molar-refractivity contribution in [3.05, 3.63) is 11.4 Å². The highest BCUT2D eigenvalue weighted by Gasteiger charge is 2.16. The van der Waals surface area contributed by atoms with Crippen molar-refractivity contribution in [1.29, 1.82) is 10.5 Å². The molecule has 11 heavy (non-hydrogen) atoms. The van der Waals surface area contributed by atoms with Crippen molar-refractivity contribution in [3.63, 3.8) is 0 Å². The third-order valence-corrected chi connectivity index (χ3v) is 1.58. The van der Waals surface area contributed by atoms with Crippen LogP contribution in [0.25, 0.3) is 0 Å². The second-order valence-electron chi connectivity index (χ2n) is 2.30. The summed E-state index contributed by atoms with van der Waals surface area (Å²) in [4.78, 5) is 1.86. The number of allylic oxidation sites excluding steroid dienone is 1. The second-order valence-corrected chi connectivity index (χ2v) is 2.30. The summed E-state index contributed by atoms with van der Waals surface area (Å²) in [6, 6.07) is 3.68. The van der Waals surface area contributed by atoms with Gasteiger partial charge in [0.1, 0.15) is 18.0 Å². The lowest BCUT2D eigenvalue weighted by molar-refractivity contribution is 0.483. The summed E-state index contributed by atoms with van der Waals surface area (Å²) in [6.45, 7) is 1.65. The van der Waals surface area contributed by atoms with Gasteiger partial charge in [-0.25, -0.2) is 0 Å². The van der Waals surface area contributed by atoms with Gasteiger partial charge >= 0.3 is 0 Å². The Labute approximate surface area is 65.3 Å². The topological polar surface area (TPSA) is 62.9 Å². The van der Waals surface area contributed by atoms with E-state index in [4.69, 9.17) is 10.5 Å². The molecule has 0 unspecified atom stereocenters. The highest BCUT2D eigenvalue weighted by atomic mass is 15.3. The molecule has 0 aliphatic carbocycles. The SMILES string of the molecule is CN1CCNC1=C(C#N)C#N. The van der Waals surface area contributed by atoms with Crippen LogP contribution in [0, 0.1) is 22.7 Å². The van der Waals surface area contributed by atoms with Gasteiger partial charge in [0, 0.05) is 20.1 Å². The van der Waals surface area contributed by atoms with Crippen molar-refractivity contribution < 1.29 is 0 Å². The predicted molar refractivity (Wildman–Crippen MR) is 38.9 cm³/mol. The zero-order valence-electron chi connectivity index (χ0n) is 6.26. The van der Waals surface area contributed by atoms with Crippen LogP contribution < -0.4 is 5.32 Å². The van der Waals surface area contributed by atoms with Crippen LogP contribution in [0.5, 0.6) is 0 Å². The molecule has 0 bridgehead atoms. The molecular formula is C7H8N4. The normalized spacial score (nSPS) is 15.2. The Kier molecular flexibility index (Phi) is 1.98. The average molecular weight is 148 g/mol. The van der Waals surface area contributed by atoms with E-state index in [1.165, 1.54) is 0 Å². The third-order valence-electron chi connectivity index (χ3n) is 1.58. The first kappa shape index (κ1) is 7.43. The predicted octanol–water partition coefficient (Wildman–Crippen LogP) is -0.220. The largest absolute Gasteiger partial charge is 0.368 e. The van der Waals surface area contributed by atoms with Crippen molar-refractivity contribution >= 4 is 0 Å². The van der Waals surface area contributed by atoms with E-state index in [1.54, 1.807) is 0 Å². The molecule has 1 aliphatic rings. The molecule has 0 spiro atoms. The minimum Gasteiger partial charge on any atom is -0.368 e. The highest BCUT2D eigenvalue weighted by molar-refractivity contribution is 5.39. The number of rotatable bonds is 0. The molecule has 0 aromatic carbocycles. The monoisotopic (exact) mass is 148 g/mol. The van der Waals surface area contributed by atoms with Crippen molar-refractivity contribution in [2.75, 3.05) is 20.1 Å². The second kappa shape index (κ2) is 2.94. The molecule has 56 valence electrons. The fourth-order valence-electron chi connectivity index (χ4n) is 0.999. The van der Waals surface area contributed by atoms with Crippen molar-refractivity contribution in [2.24, 2.45) is 0 Å². The molecule has 0 aromatic rings. The van der Waals surface area contributed by atoms with Crippen LogP contribution in [0.15, 0.2) is 11.4 Å². The van der Waals surface area contributed by atoms with Crippen molar-refractivity contribution in [3.8, 4) is 12.1 Å². The Morgan fingerprint density at radius 2 is 2.18 bits per heavy atom. The number of nitrogens with one attached hydrogen (secondary N) is 1. The summed E-state index contributed by atoms with van der Waals surface area (Å²) in [5.74, 6) is 0.648. The van der Waals surface area contributed by atoms with Crippen LogP contribution in [0.4, 0.5) is 0 Å². The maximum absolute atomic E-state index is 8.51. The first-order valence-corrected chi connectivity index (χ1v) is 3.29. The van der Waals surface area contributed by atoms with Crippen molar-refractivity contribution in [2.45, 2.75) is 0 Å². The van der Waals surface area contributed by atoms with Gasteiger partial charge in [-0.1, -0.05) is 0 Å². The van der Waals surface area contributed by atoms with E-state index in [0.29, 0.717) is 5.82 Å². The minimum absolute atomic E-state index is 0.157. The molecule has 0 saturated carbocycles. The quantitative estimate of drug-likeness (QED) is 0.482. The number of hydrogen-bond acceptors (Lipinski definition) is 4. The highest BCUT2D eigenvalue weighted by Crippen LogP contribution is 2.08. The van der Waals surface area contributed by atoms with Crippen LogP contribution in [-0.4, -0.2) is 25.0 Å². The number of likely N-dealkylation sites (N-methyl/N-ethyl adjacent to an activating group) is 1. The fourth-order valence-corrected chi connectivity index (χ4v) is 0.999. The molecule has 1 aliphatic heterocycles. The Morgan fingerprint density at radius 3 is 2.55 bits per heavy atom. The van der Waals surface area contributed by atoms with Gasteiger partial charge in [-0.2, -0.15) is 10.5 Å². The molecule has 4 nitrogen and oxygen atoms in total. The van der Waals surface area contributed by atoms with E-state index in [9.17, 15) is 0 Å². The van der Waals surface area contributed by atoms with Gasteiger partial charge in [0.25, 0.3) is 0 Å². The van der Waals surface area contributed by atoms with E-state index in [0.717, 1.165) is 13.1 Å². The molecule has 0 radical (unpaired) electrons. The van der Waals surface area contributed by atoms with E-state index >= 15 is 0 Å². The minimum atomic E-state index is 0.157. The van der Waals surface area contributed by atoms with Crippen LogP contribution >= 0.6 is 0 Å². The molecule has 1 N–H and O–H groups in total. The van der Waals surface area contributed by atoms with Gasteiger partial charge in [-0.05, 0) is 0 Å². The van der Waals surface area contributed by atoms with E-state index in [1.807, 2.05) is 24.1 Å². The number of nitriles is 2. The summed E-state index contributed by atoms with van der Waals surface area (Å²) in [5.41, 5.74) is 0.157. The van der Waals surface area contributed by atoms with Crippen LogP contribution in [0.1, 0.15) is 0 Å². The Bertz CT molecular complexity index is 249. The first-order valence-electron chi connectivity index (χ1n) is 3.29. The summed E-state index contributed by atoms with van der Waals surface area (Å²) in [5, 5.41) is 20.0. The Hall–Kier alpha value is -1.68. The summed E-state index contributed by atoms with van der Waals surface area (Å²) >= 11 is 0. The molecular weight excluding hydrogens is 140 g/mol. The van der Waals surface area contributed by atoms with Crippen molar-refractivity contribution in [1.82, 2.24) is 10.2 Å². The van der Waals surface area contributed by atoms with E-state index in [-0.39, 0.29) is 5.57 Å². The summed E-state index contributed by atoms with van der Waals surface area (Å²) in [7, 11) is 1.85. The van der Waals surface area contributed by atoms with Crippen LogP contribution in [0.3, 0.4) is 0 Å². The first-order chi connectivity index (χ1) is 5.29. The Morgan fingerprint density at radius 1 is 1.55 bits per heavy atom. The van der Waals surface area contributed by atoms with Gasteiger partial charge in [0.2, 0.25) is 0 Å². The average Bonchev–Trinajstić information content (AvgIpc) is 2.40. The summed E-state index contributed by atoms with van der Waals surface area (Å²) < 4.78 is 0. The molecule has 1 heterocycles. The van der Waals surface area contributed by atoms with E-state index < -0.39 is 0 Å². The Balaban J connectivity index is 2.96. The smallest absolute Gasteiger partial charge is 0.169 e. The van der Waals surface area contributed by atoms with Gasteiger partial charge in [-0.15, -0.1) is 0 Å². The van der Waals surface area contributed by atoms with Gasteiger partial charge < -0.3 is 10.2 Å². The van der Waals surface area contributed by atoms with Crippen LogP contribution in [-0.2, 0) is 0 Å². The lowest BCUT2D eigenvalue weighted by Crippen LogP contribution is -2.15. The third kappa shape index (κ3) is 1.25. The summed E-state index contributed by atoms with van der Waals surface area (Å²) in [6.07, 6.45) is 0. The lowest BCUT2D eigenvalue weighted by Gasteiger charge is -2.10. The molecule has 0 atom stereocenters. The van der Waals surface area contributed by atoms with Gasteiger partial charge in [0.05, 0.1) is 0 Å². The molecule has 1 rings (SSSR count). The molecule has 1 saturated heterocycles. The number of hydrogen-bond donors (Lipinski definition) is 1. The molecule has 4 heteroatoms. The van der Waals surface area contributed by atoms with Crippen LogP contribution in [0.2, 0.25) is 0 Å². The standard InChI is InChI=1S/C7H8N4/c1-11-3-2-10-7(11)6(4-8)5-9/h10H,2-3H2,1H3. The van der Waals surface area contributed by atoms with Gasteiger partial charge in [-0.3, -0.25) is 0 Å². The fraction of sp³-hybridized carbons (Fsp3) is 0.429. The maximum Gasteiger partial charge on any atom is 0.169 e. The number of nitrogens with zero attached hydrogens (tertiary/aromatic N) is 3. The zero-order chi connectivity index (χ0) is 8.27. The van der Waals surface area contributed by atoms with E-state index in [2.05, 4.69) is 5.32 Å². The molecule has 1 fully saturated rings. The molecule has 0 aromatic heterocycles. The maximum atomic E-state index is 8.51. The lowest BCUT2D eigenvalue weighted by atomic mass is 10.3. The van der Waals surface area contributed by atoms with Gasteiger partial charge in [0.15, 0.2) is 5.57 Å². The zero-order valence-corrected chi connectivity index (χ0v) is 6.26.